The number of nitrogens with one attached hydrogen (secondary N) is 1. The lowest BCUT2D eigenvalue weighted by atomic mass is 10.1. The molecule has 0 unspecified atom stereocenters. The number of hydrogen-bond donors (Lipinski definition) is 2. The van der Waals surface area contributed by atoms with E-state index in [2.05, 4.69) is 10.3 Å². The highest BCUT2D eigenvalue weighted by atomic mass is 32.1. The SMILES string of the molecule is Cc1nc(N)sc1C(=O)NCc1ccc(F)cc1C(F)(F)F. The van der Waals surface area contributed by atoms with Crippen molar-refractivity contribution < 1.29 is 22.4 Å². The number of anilines is 1. The average molecular weight is 333 g/mol. The number of carbonyl (C=O) groups is 1. The summed E-state index contributed by atoms with van der Waals surface area (Å²) in [6.07, 6.45) is -4.70. The molecule has 2 aromatic rings. The molecule has 1 aromatic heterocycles. The van der Waals surface area contributed by atoms with E-state index in [0.717, 1.165) is 23.5 Å². The Kier molecular flexibility index (Phi) is 4.36. The Morgan fingerprint density at radius 3 is 2.64 bits per heavy atom. The fraction of sp³-hybridized carbons (Fsp3) is 0.231. The fourth-order valence-electron chi connectivity index (χ4n) is 1.85. The molecule has 0 atom stereocenters. The van der Waals surface area contributed by atoms with Crippen LogP contribution in [-0.2, 0) is 12.7 Å². The molecule has 0 radical (unpaired) electrons. The minimum Gasteiger partial charge on any atom is -0.375 e. The molecule has 118 valence electrons. The van der Waals surface area contributed by atoms with Crippen molar-refractivity contribution in [2.75, 3.05) is 5.73 Å². The van der Waals surface area contributed by atoms with Crippen LogP contribution in [0.5, 0.6) is 0 Å². The topological polar surface area (TPSA) is 68.0 Å². The predicted molar refractivity (Wildman–Crippen MR) is 73.8 cm³/mol. The average Bonchev–Trinajstić information content (AvgIpc) is 2.75. The van der Waals surface area contributed by atoms with Crippen LogP contribution in [0.4, 0.5) is 22.7 Å². The maximum atomic E-state index is 13.0. The molecule has 3 N–H and O–H groups in total. The van der Waals surface area contributed by atoms with Gasteiger partial charge >= 0.3 is 6.18 Å². The van der Waals surface area contributed by atoms with Crippen LogP contribution in [-0.4, -0.2) is 10.9 Å². The number of aryl methyl sites for hydroxylation is 1. The van der Waals surface area contributed by atoms with Crippen LogP contribution in [0.25, 0.3) is 0 Å². The highest BCUT2D eigenvalue weighted by Crippen LogP contribution is 2.32. The quantitative estimate of drug-likeness (QED) is 0.848. The minimum atomic E-state index is -4.70. The summed E-state index contributed by atoms with van der Waals surface area (Å²) in [5.41, 5.74) is 4.52. The molecule has 9 heteroatoms. The summed E-state index contributed by atoms with van der Waals surface area (Å²) in [5.74, 6) is -1.57. The van der Waals surface area contributed by atoms with Crippen molar-refractivity contribution in [3.05, 3.63) is 45.7 Å². The summed E-state index contributed by atoms with van der Waals surface area (Å²) in [4.78, 5) is 16.0. The standard InChI is InChI=1S/C13H11F4N3OS/c1-6-10(22-12(18)20-6)11(21)19-5-7-2-3-8(14)4-9(7)13(15,16)17/h2-4H,5H2,1H3,(H2,18,20)(H,19,21). The highest BCUT2D eigenvalue weighted by Gasteiger charge is 2.33. The third-order valence-corrected chi connectivity index (χ3v) is 3.82. The van der Waals surface area contributed by atoms with Crippen molar-refractivity contribution in [2.45, 2.75) is 19.6 Å². The van der Waals surface area contributed by atoms with Gasteiger partial charge in [-0.2, -0.15) is 13.2 Å². The first-order chi connectivity index (χ1) is 10.2. The zero-order valence-electron chi connectivity index (χ0n) is 11.3. The molecule has 1 aromatic carbocycles. The zero-order valence-corrected chi connectivity index (χ0v) is 12.1. The van der Waals surface area contributed by atoms with Gasteiger partial charge in [0.2, 0.25) is 0 Å². The van der Waals surface area contributed by atoms with Gasteiger partial charge in [-0.25, -0.2) is 9.37 Å². The smallest absolute Gasteiger partial charge is 0.375 e. The molecule has 0 spiro atoms. The lowest BCUT2D eigenvalue weighted by Crippen LogP contribution is -2.24. The largest absolute Gasteiger partial charge is 0.416 e. The molecule has 0 aliphatic rings. The molecular formula is C13H11F4N3OS. The molecule has 22 heavy (non-hydrogen) atoms. The number of alkyl halides is 3. The second kappa shape index (κ2) is 5.91. The first kappa shape index (κ1) is 16.2. The van der Waals surface area contributed by atoms with Crippen LogP contribution in [0, 0.1) is 12.7 Å². The van der Waals surface area contributed by atoms with Crippen molar-refractivity contribution in [2.24, 2.45) is 0 Å². The Morgan fingerprint density at radius 2 is 2.09 bits per heavy atom. The van der Waals surface area contributed by atoms with E-state index in [1.807, 2.05) is 0 Å². The van der Waals surface area contributed by atoms with Crippen LogP contribution in [0.2, 0.25) is 0 Å². The molecule has 1 amide bonds. The second-order valence-corrected chi connectivity index (χ2v) is 5.48. The van der Waals surface area contributed by atoms with E-state index in [9.17, 15) is 22.4 Å². The third kappa shape index (κ3) is 3.53. The summed E-state index contributed by atoms with van der Waals surface area (Å²) < 4.78 is 51.5. The number of aromatic nitrogens is 1. The van der Waals surface area contributed by atoms with E-state index < -0.39 is 23.5 Å². The van der Waals surface area contributed by atoms with E-state index >= 15 is 0 Å². The summed E-state index contributed by atoms with van der Waals surface area (Å²) in [6, 6.07) is 2.30. The predicted octanol–water partition coefficient (Wildman–Crippen LogP) is 3.12. The lowest BCUT2D eigenvalue weighted by Gasteiger charge is -2.13. The number of halogens is 4. The van der Waals surface area contributed by atoms with Crippen molar-refractivity contribution in [1.29, 1.82) is 0 Å². The highest BCUT2D eigenvalue weighted by molar-refractivity contribution is 7.17. The van der Waals surface area contributed by atoms with Crippen molar-refractivity contribution in [3.8, 4) is 0 Å². The van der Waals surface area contributed by atoms with Crippen LogP contribution < -0.4 is 11.1 Å². The number of nitrogens with two attached hydrogens (primary N) is 1. The second-order valence-electron chi connectivity index (χ2n) is 4.45. The monoisotopic (exact) mass is 333 g/mol. The summed E-state index contributed by atoms with van der Waals surface area (Å²) in [6.45, 7) is 1.19. The number of amides is 1. The maximum absolute atomic E-state index is 13.0. The number of nitrogens with zero attached hydrogens (tertiary/aromatic N) is 1. The van der Waals surface area contributed by atoms with Crippen LogP contribution in [0.15, 0.2) is 18.2 Å². The van der Waals surface area contributed by atoms with Gasteiger partial charge in [-0.3, -0.25) is 4.79 Å². The van der Waals surface area contributed by atoms with Gasteiger partial charge in [-0.1, -0.05) is 17.4 Å². The van der Waals surface area contributed by atoms with Gasteiger partial charge in [0.05, 0.1) is 11.3 Å². The molecule has 2 rings (SSSR count). The van der Waals surface area contributed by atoms with Crippen LogP contribution in [0.3, 0.4) is 0 Å². The van der Waals surface area contributed by atoms with Crippen molar-refractivity contribution >= 4 is 22.4 Å². The number of rotatable bonds is 3. The molecule has 0 fully saturated rings. The van der Waals surface area contributed by atoms with Gasteiger partial charge in [0.1, 0.15) is 10.7 Å². The Hall–Kier alpha value is -2.16. The summed E-state index contributed by atoms with van der Waals surface area (Å²) in [5, 5.41) is 2.55. The molecular weight excluding hydrogens is 322 g/mol. The number of nitrogen functional groups attached to an aromatic ring is 1. The molecule has 0 saturated heterocycles. The third-order valence-electron chi connectivity index (χ3n) is 2.84. The van der Waals surface area contributed by atoms with Gasteiger partial charge in [0, 0.05) is 6.54 Å². The van der Waals surface area contributed by atoms with E-state index in [-0.39, 0.29) is 22.1 Å². The normalized spacial score (nSPS) is 11.5. The van der Waals surface area contributed by atoms with Crippen molar-refractivity contribution in [3.63, 3.8) is 0 Å². The Bertz CT molecular complexity index is 712. The van der Waals surface area contributed by atoms with Gasteiger partial charge in [-0.05, 0) is 24.6 Å². The molecule has 1 heterocycles. The van der Waals surface area contributed by atoms with E-state index in [1.165, 1.54) is 0 Å². The van der Waals surface area contributed by atoms with Crippen LogP contribution >= 0.6 is 11.3 Å². The van der Waals surface area contributed by atoms with E-state index in [1.54, 1.807) is 6.92 Å². The molecule has 0 bridgehead atoms. The first-order valence-corrected chi connectivity index (χ1v) is 6.87. The zero-order chi connectivity index (χ0) is 16.5. The maximum Gasteiger partial charge on any atom is 0.416 e. The Morgan fingerprint density at radius 1 is 1.41 bits per heavy atom. The molecule has 0 saturated carbocycles. The van der Waals surface area contributed by atoms with Gasteiger partial charge in [0.25, 0.3) is 5.91 Å². The van der Waals surface area contributed by atoms with E-state index in [4.69, 9.17) is 5.73 Å². The summed E-state index contributed by atoms with van der Waals surface area (Å²) in [7, 11) is 0. The van der Waals surface area contributed by atoms with Gasteiger partial charge in [0.15, 0.2) is 5.13 Å². The molecule has 0 aliphatic heterocycles. The minimum absolute atomic E-state index is 0.195. The number of thiazole rings is 1. The van der Waals surface area contributed by atoms with Crippen molar-refractivity contribution in [1.82, 2.24) is 10.3 Å². The lowest BCUT2D eigenvalue weighted by molar-refractivity contribution is -0.138. The number of hydrogen-bond acceptors (Lipinski definition) is 4. The fourth-order valence-corrected chi connectivity index (χ4v) is 2.60. The van der Waals surface area contributed by atoms with E-state index in [0.29, 0.717) is 11.8 Å². The number of carbonyl (C=O) groups excluding carboxylic acids is 1. The van der Waals surface area contributed by atoms with Crippen LogP contribution in [0.1, 0.15) is 26.5 Å². The van der Waals surface area contributed by atoms with Gasteiger partial charge < -0.3 is 11.1 Å². The number of benzene rings is 1. The Labute approximate surface area is 127 Å². The Balaban J connectivity index is 2.18. The van der Waals surface area contributed by atoms with Gasteiger partial charge in [-0.15, -0.1) is 0 Å². The first-order valence-electron chi connectivity index (χ1n) is 6.05. The molecule has 4 nitrogen and oxygen atoms in total. The summed E-state index contributed by atoms with van der Waals surface area (Å²) >= 11 is 0.942. The molecule has 0 aliphatic carbocycles.